The molecule has 33 heavy (non-hydrogen) atoms. The van der Waals surface area contributed by atoms with Crippen molar-refractivity contribution < 1.29 is 23.8 Å². The monoisotopic (exact) mass is 456 g/mol. The van der Waals surface area contributed by atoms with Crippen molar-refractivity contribution in [2.45, 2.75) is 70.9 Å². The van der Waals surface area contributed by atoms with Gasteiger partial charge in [-0.1, -0.05) is 18.2 Å². The van der Waals surface area contributed by atoms with Gasteiger partial charge in [-0.3, -0.25) is 4.79 Å². The minimum absolute atomic E-state index is 0.0596. The first-order chi connectivity index (χ1) is 16.0. The molecule has 1 N–H and O–H groups in total. The number of benzene rings is 1. The molecule has 0 radical (unpaired) electrons. The molecule has 0 atom stereocenters. The third-order valence-electron chi connectivity index (χ3n) is 6.19. The number of aliphatic carboxylic acids is 1. The zero-order valence-corrected chi connectivity index (χ0v) is 19.7. The number of urea groups is 1. The number of carboxylic acids is 1. The highest BCUT2D eigenvalue weighted by molar-refractivity contribution is 5.75. The molecule has 1 fully saturated rings. The van der Waals surface area contributed by atoms with Crippen LogP contribution in [-0.4, -0.2) is 52.6 Å². The highest BCUT2D eigenvalue weighted by Gasteiger charge is 2.29. The predicted octanol–water partition coefficient (Wildman–Crippen LogP) is 5.51. The van der Waals surface area contributed by atoms with Gasteiger partial charge in [0.15, 0.2) is 0 Å². The first-order valence-corrected chi connectivity index (χ1v) is 12.0. The van der Waals surface area contributed by atoms with Crippen LogP contribution in [0.3, 0.4) is 0 Å². The minimum atomic E-state index is -0.759. The number of carboxylic acid groups (broad SMARTS) is 1. The molecular formula is C26H36N2O5. The standard InChI is InChI=1S/C26H36N2O5/c1-20(2)28(26(31)27-15-13-21(14-16-27)23-11-8-18-33-23)19-22-9-5-6-10-24(22)32-17-7-3-4-12-25(29)30/h5-6,8-11,18,20-21H,3-4,7,12-17,19H2,1-2H3,(H,29,30). The molecule has 0 bridgehead atoms. The predicted molar refractivity (Wildman–Crippen MR) is 126 cm³/mol. The number of piperidine rings is 1. The summed E-state index contributed by atoms with van der Waals surface area (Å²) in [6, 6.07) is 11.9. The van der Waals surface area contributed by atoms with E-state index in [1.54, 1.807) is 6.26 Å². The molecule has 2 aromatic rings. The van der Waals surface area contributed by atoms with Crippen molar-refractivity contribution in [1.29, 1.82) is 0 Å². The molecule has 1 aliphatic heterocycles. The van der Waals surface area contributed by atoms with Crippen LogP contribution < -0.4 is 4.74 Å². The second-order valence-electron chi connectivity index (χ2n) is 8.94. The summed E-state index contributed by atoms with van der Waals surface area (Å²) in [5.74, 6) is 1.41. The smallest absolute Gasteiger partial charge is 0.320 e. The van der Waals surface area contributed by atoms with Gasteiger partial charge in [0.25, 0.3) is 0 Å². The molecule has 2 heterocycles. The molecule has 0 spiro atoms. The summed E-state index contributed by atoms with van der Waals surface area (Å²) in [5, 5.41) is 8.74. The molecule has 2 amide bonds. The Kier molecular flexibility index (Phi) is 9.22. The van der Waals surface area contributed by atoms with Crippen molar-refractivity contribution in [3.05, 3.63) is 54.0 Å². The van der Waals surface area contributed by atoms with E-state index in [4.69, 9.17) is 14.3 Å². The zero-order chi connectivity index (χ0) is 23.6. The van der Waals surface area contributed by atoms with Gasteiger partial charge in [-0.2, -0.15) is 0 Å². The third kappa shape index (κ3) is 7.27. The number of unbranched alkanes of at least 4 members (excludes halogenated alkanes) is 2. The van der Waals surface area contributed by atoms with Crippen LogP contribution in [0.1, 0.15) is 69.6 Å². The lowest BCUT2D eigenvalue weighted by Crippen LogP contribution is -2.48. The Balaban J connectivity index is 1.55. The number of carbonyl (C=O) groups is 2. The molecule has 1 aromatic heterocycles. The number of ether oxygens (including phenoxy) is 1. The number of para-hydroxylation sites is 1. The third-order valence-corrected chi connectivity index (χ3v) is 6.19. The summed E-state index contributed by atoms with van der Waals surface area (Å²) in [6.07, 6.45) is 6.01. The van der Waals surface area contributed by atoms with Crippen molar-refractivity contribution in [2.24, 2.45) is 0 Å². The fraction of sp³-hybridized carbons (Fsp3) is 0.538. The number of rotatable bonds is 11. The molecular weight excluding hydrogens is 420 g/mol. The van der Waals surface area contributed by atoms with Gasteiger partial charge in [-0.25, -0.2) is 4.79 Å². The van der Waals surface area contributed by atoms with Crippen molar-refractivity contribution in [1.82, 2.24) is 9.80 Å². The summed E-state index contributed by atoms with van der Waals surface area (Å²) in [7, 11) is 0. The molecule has 1 saturated heterocycles. The van der Waals surface area contributed by atoms with E-state index in [9.17, 15) is 9.59 Å². The summed E-state index contributed by atoms with van der Waals surface area (Å²) in [4.78, 5) is 27.9. The van der Waals surface area contributed by atoms with Crippen molar-refractivity contribution in [3.63, 3.8) is 0 Å². The highest BCUT2D eigenvalue weighted by Crippen LogP contribution is 2.29. The van der Waals surface area contributed by atoms with E-state index >= 15 is 0 Å². The lowest BCUT2D eigenvalue weighted by molar-refractivity contribution is -0.137. The number of nitrogens with zero attached hydrogens (tertiary/aromatic N) is 2. The second kappa shape index (κ2) is 12.3. The zero-order valence-electron chi connectivity index (χ0n) is 19.7. The van der Waals surface area contributed by atoms with Gasteiger partial charge in [0.2, 0.25) is 0 Å². The number of amides is 2. The van der Waals surface area contributed by atoms with Crippen LogP contribution in [0.25, 0.3) is 0 Å². The number of likely N-dealkylation sites (tertiary alicyclic amines) is 1. The average molecular weight is 457 g/mol. The van der Waals surface area contributed by atoms with E-state index in [1.165, 1.54) is 0 Å². The minimum Gasteiger partial charge on any atom is -0.493 e. The fourth-order valence-electron chi connectivity index (χ4n) is 4.23. The Morgan fingerprint density at radius 3 is 2.55 bits per heavy atom. The maximum absolute atomic E-state index is 13.4. The van der Waals surface area contributed by atoms with Gasteiger partial charge in [0.1, 0.15) is 11.5 Å². The molecule has 0 aliphatic carbocycles. The van der Waals surface area contributed by atoms with E-state index in [2.05, 4.69) is 0 Å². The molecule has 7 nitrogen and oxygen atoms in total. The van der Waals surface area contributed by atoms with E-state index in [0.717, 1.165) is 55.8 Å². The Morgan fingerprint density at radius 1 is 1.12 bits per heavy atom. The SMILES string of the molecule is CC(C)N(Cc1ccccc1OCCCCCC(=O)O)C(=O)N1CCC(c2ccco2)CC1. The quantitative estimate of drug-likeness (QED) is 0.451. The summed E-state index contributed by atoms with van der Waals surface area (Å²) in [5.41, 5.74) is 0.982. The van der Waals surface area contributed by atoms with Gasteiger partial charge in [0, 0.05) is 37.0 Å². The lowest BCUT2D eigenvalue weighted by atomic mass is 9.94. The van der Waals surface area contributed by atoms with Crippen molar-refractivity contribution in [2.75, 3.05) is 19.7 Å². The van der Waals surface area contributed by atoms with Crippen LogP contribution in [0.4, 0.5) is 4.79 Å². The number of furan rings is 1. The van der Waals surface area contributed by atoms with Crippen LogP contribution in [0.5, 0.6) is 5.75 Å². The summed E-state index contributed by atoms with van der Waals surface area (Å²) < 4.78 is 11.6. The van der Waals surface area contributed by atoms with Gasteiger partial charge in [-0.15, -0.1) is 0 Å². The van der Waals surface area contributed by atoms with E-state index in [0.29, 0.717) is 25.5 Å². The summed E-state index contributed by atoms with van der Waals surface area (Å²) >= 11 is 0. The lowest BCUT2D eigenvalue weighted by Gasteiger charge is -2.37. The first-order valence-electron chi connectivity index (χ1n) is 12.0. The maximum atomic E-state index is 13.4. The Bertz CT molecular complexity index is 873. The largest absolute Gasteiger partial charge is 0.493 e. The normalized spacial score (nSPS) is 14.5. The van der Waals surface area contributed by atoms with Crippen LogP contribution in [0, 0.1) is 0 Å². The number of carbonyl (C=O) groups excluding carboxylic acids is 1. The number of hydrogen-bond donors (Lipinski definition) is 1. The Morgan fingerprint density at radius 2 is 1.88 bits per heavy atom. The molecule has 0 unspecified atom stereocenters. The Hall–Kier alpha value is -2.96. The highest BCUT2D eigenvalue weighted by atomic mass is 16.5. The van der Waals surface area contributed by atoms with Gasteiger partial charge in [-0.05, 0) is 64.2 Å². The van der Waals surface area contributed by atoms with Gasteiger partial charge >= 0.3 is 12.0 Å². The van der Waals surface area contributed by atoms with Gasteiger partial charge < -0.3 is 24.1 Å². The Labute approximate surface area is 196 Å². The van der Waals surface area contributed by atoms with Gasteiger partial charge in [0.05, 0.1) is 19.4 Å². The fourth-order valence-corrected chi connectivity index (χ4v) is 4.23. The average Bonchev–Trinajstić information content (AvgIpc) is 3.35. The molecule has 3 rings (SSSR count). The van der Waals surface area contributed by atoms with Crippen LogP contribution >= 0.6 is 0 Å². The molecule has 1 aromatic carbocycles. The first kappa shape index (κ1) is 24.7. The molecule has 180 valence electrons. The second-order valence-corrected chi connectivity index (χ2v) is 8.94. The van der Waals surface area contributed by atoms with Crippen LogP contribution in [0.2, 0.25) is 0 Å². The molecule has 0 saturated carbocycles. The van der Waals surface area contributed by atoms with Crippen LogP contribution in [0.15, 0.2) is 47.1 Å². The summed E-state index contributed by atoms with van der Waals surface area (Å²) in [6.45, 7) is 6.55. The van der Waals surface area contributed by atoms with Crippen molar-refractivity contribution >= 4 is 12.0 Å². The molecule has 7 heteroatoms. The van der Waals surface area contributed by atoms with Crippen LogP contribution in [-0.2, 0) is 11.3 Å². The number of hydrogen-bond acceptors (Lipinski definition) is 4. The van der Waals surface area contributed by atoms with E-state index < -0.39 is 5.97 Å². The molecule has 1 aliphatic rings. The topological polar surface area (TPSA) is 83.2 Å². The van der Waals surface area contributed by atoms with Crippen molar-refractivity contribution in [3.8, 4) is 5.75 Å². The van der Waals surface area contributed by atoms with E-state index in [-0.39, 0.29) is 18.5 Å². The maximum Gasteiger partial charge on any atom is 0.320 e. The van der Waals surface area contributed by atoms with E-state index in [1.807, 2.05) is 60.0 Å².